The molecule has 0 spiro atoms. The molecule has 6 nitrogen and oxygen atoms in total. The summed E-state index contributed by atoms with van der Waals surface area (Å²) in [5.41, 5.74) is 3.62. The quantitative estimate of drug-likeness (QED) is 0.564. The molecule has 0 radical (unpaired) electrons. The normalized spacial score (nSPS) is 10.8. The zero-order valence-corrected chi connectivity index (χ0v) is 17.0. The van der Waals surface area contributed by atoms with Crippen LogP contribution in [0.15, 0.2) is 48.5 Å². The van der Waals surface area contributed by atoms with E-state index < -0.39 is 24.5 Å². The number of aryl methyl sites for hydroxylation is 1. The van der Waals surface area contributed by atoms with Crippen LogP contribution in [0.5, 0.6) is 0 Å². The highest BCUT2D eigenvalue weighted by molar-refractivity contribution is 5.97. The molecule has 0 saturated carbocycles. The minimum absolute atomic E-state index is 0.316. The van der Waals surface area contributed by atoms with E-state index >= 15 is 0 Å². The van der Waals surface area contributed by atoms with E-state index in [0.717, 1.165) is 11.1 Å². The third-order valence-electron chi connectivity index (χ3n) is 4.29. The van der Waals surface area contributed by atoms with Gasteiger partial charge in [0, 0.05) is 11.8 Å². The first-order valence-corrected chi connectivity index (χ1v) is 9.23. The van der Waals surface area contributed by atoms with Gasteiger partial charge in [-0.15, -0.1) is 0 Å². The van der Waals surface area contributed by atoms with Gasteiger partial charge in [-0.05, 0) is 47.7 Å². The maximum absolute atomic E-state index is 12.1. The van der Waals surface area contributed by atoms with Gasteiger partial charge in [0.2, 0.25) is 0 Å². The molecule has 0 heterocycles. The summed E-state index contributed by atoms with van der Waals surface area (Å²) in [6, 6.07) is 12.7. The lowest BCUT2D eigenvalue weighted by molar-refractivity contribution is -0.142. The number of methoxy groups -OCH3 is 1. The molecular formula is C23H25NO5. The number of esters is 2. The van der Waals surface area contributed by atoms with Crippen LogP contribution in [0.25, 0.3) is 6.08 Å². The molecule has 2 aromatic rings. The number of rotatable bonds is 7. The average Bonchev–Trinajstić information content (AvgIpc) is 2.72. The maximum Gasteiger partial charge on any atom is 0.337 e. The Balaban J connectivity index is 1.88. The summed E-state index contributed by atoms with van der Waals surface area (Å²) in [7, 11) is 1.28. The molecule has 1 N–H and O–H groups in total. The topological polar surface area (TPSA) is 81.7 Å². The van der Waals surface area contributed by atoms with E-state index in [0.29, 0.717) is 17.2 Å². The van der Waals surface area contributed by atoms with Gasteiger partial charge in [0.15, 0.2) is 6.61 Å². The highest BCUT2D eigenvalue weighted by atomic mass is 16.5. The standard InChI is InChI=1S/C23H25NO5/c1-15(2)18-10-6-17(7-11-18)8-12-22(26)29-14-21(25)24-20-13-19(23(27)28-4)9-5-16(20)3/h5-13,15H,14H2,1-4H3,(H,24,25). The molecule has 2 rings (SSSR count). The van der Waals surface area contributed by atoms with E-state index in [4.69, 9.17) is 4.74 Å². The van der Waals surface area contributed by atoms with Crippen molar-refractivity contribution in [1.82, 2.24) is 0 Å². The van der Waals surface area contributed by atoms with Gasteiger partial charge in [0.1, 0.15) is 0 Å². The minimum Gasteiger partial charge on any atom is -0.465 e. The number of carbonyl (C=O) groups excluding carboxylic acids is 3. The van der Waals surface area contributed by atoms with Crippen molar-refractivity contribution in [2.75, 3.05) is 19.0 Å². The largest absolute Gasteiger partial charge is 0.465 e. The second kappa shape index (κ2) is 10.2. The Labute approximate surface area is 170 Å². The summed E-state index contributed by atoms with van der Waals surface area (Å²) < 4.78 is 9.64. The Morgan fingerprint density at radius 3 is 2.38 bits per heavy atom. The van der Waals surface area contributed by atoms with Crippen molar-refractivity contribution in [3.05, 3.63) is 70.8 Å². The van der Waals surface area contributed by atoms with Crippen molar-refractivity contribution in [3.8, 4) is 0 Å². The second-order valence-electron chi connectivity index (χ2n) is 6.83. The van der Waals surface area contributed by atoms with Crippen LogP contribution in [-0.4, -0.2) is 31.6 Å². The molecular weight excluding hydrogens is 370 g/mol. The third-order valence-corrected chi connectivity index (χ3v) is 4.29. The molecule has 2 aromatic carbocycles. The predicted molar refractivity (Wildman–Crippen MR) is 112 cm³/mol. The van der Waals surface area contributed by atoms with Crippen molar-refractivity contribution < 1.29 is 23.9 Å². The van der Waals surface area contributed by atoms with E-state index in [9.17, 15) is 14.4 Å². The van der Waals surface area contributed by atoms with Crippen molar-refractivity contribution in [2.45, 2.75) is 26.7 Å². The van der Waals surface area contributed by atoms with Crippen LogP contribution in [0.3, 0.4) is 0 Å². The fourth-order valence-electron chi connectivity index (χ4n) is 2.53. The van der Waals surface area contributed by atoms with Crippen molar-refractivity contribution in [3.63, 3.8) is 0 Å². The lowest BCUT2D eigenvalue weighted by Gasteiger charge is -2.10. The number of hydrogen-bond acceptors (Lipinski definition) is 5. The zero-order valence-electron chi connectivity index (χ0n) is 17.0. The van der Waals surface area contributed by atoms with E-state index in [2.05, 4.69) is 23.9 Å². The summed E-state index contributed by atoms with van der Waals surface area (Å²) in [5, 5.41) is 2.63. The number of hydrogen-bond donors (Lipinski definition) is 1. The first kappa shape index (κ1) is 21.9. The first-order valence-electron chi connectivity index (χ1n) is 9.23. The van der Waals surface area contributed by atoms with Crippen LogP contribution in [0.2, 0.25) is 0 Å². The molecule has 152 valence electrons. The van der Waals surface area contributed by atoms with Gasteiger partial charge in [0.05, 0.1) is 12.7 Å². The molecule has 0 saturated heterocycles. The van der Waals surface area contributed by atoms with Crippen LogP contribution in [-0.2, 0) is 19.1 Å². The Morgan fingerprint density at radius 2 is 1.76 bits per heavy atom. The summed E-state index contributed by atoms with van der Waals surface area (Å²) in [6.07, 6.45) is 2.91. The Hall–Kier alpha value is -3.41. The van der Waals surface area contributed by atoms with Gasteiger partial charge in [-0.1, -0.05) is 44.2 Å². The molecule has 0 aliphatic carbocycles. The smallest absolute Gasteiger partial charge is 0.337 e. The molecule has 29 heavy (non-hydrogen) atoms. The van der Waals surface area contributed by atoms with Gasteiger partial charge in [-0.2, -0.15) is 0 Å². The van der Waals surface area contributed by atoms with E-state index in [1.165, 1.54) is 24.8 Å². The van der Waals surface area contributed by atoms with Crippen LogP contribution in [0.1, 0.15) is 46.8 Å². The zero-order chi connectivity index (χ0) is 21.4. The SMILES string of the molecule is COC(=O)c1ccc(C)c(NC(=O)COC(=O)C=Cc2ccc(C(C)C)cc2)c1. The number of anilines is 1. The van der Waals surface area contributed by atoms with Crippen molar-refractivity contribution >= 4 is 29.6 Å². The number of benzene rings is 2. The molecule has 0 aliphatic rings. The number of ether oxygens (including phenoxy) is 2. The fourth-order valence-corrected chi connectivity index (χ4v) is 2.53. The molecule has 0 bridgehead atoms. The van der Waals surface area contributed by atoms with Gasteiger partial charge < -0.3 is 14.8 Å². The van der Waals surface area contributed by atoms with Crippen LogP contribution < -0.4 is 5.32 Å². The Morgan fingerprint density at radius 1 is 1.07 bits per heavy atom. The van der Waals surface area contributed by atoms with Crippen molar-refractivity contribution in [1.29, 1.82) is 0 Å². The first-order chi connectivity index (χ1) is 13.8. The molecule has 0 aromatic heterocycles. The maximum atomic E-state index is 12.1. The van der Waals surface area contributed by atoms with Crippen LogP contribution in [0, 0.1) is 6.92 Å². The minimum atomic E-state index is -0.617. The second-order valence-corrected chi connectivity index (χ2v) is 6.83. The summed E-state index contributed by atoms with van der Waals surface area (Å²) in [6.45, 7) is 5.58. The fraction of sp³-hybridized carbons (Fsp3) is 0.261. The predicted octanol–water partition coefficient (Wildman–Crippen LogP) is 4.10. The monoisotopic (exact) mass is 395 g/mol. The molecule has 6 heteroatoms. The average molecular weight is 395 g/mol. The lowest BCUT2D eigenvalue weighted by Crippen LogP contribution is -2.21. The number of carbonyl (C=O) groups is 3. The highest BCUT2D eigenvalue weighted by Crippen LogP contribution is 2.18. The van der Waals surface area contributed by atoms with Crippen LogP contribution >= 0.6 is 0 Å². The van der Waals surface area contributed by atoms with E-state index in [-0.39, 0.29) is 0 Å². The summed E-state index contributed by atoms with van der Waals surface area (Å²) >= 11 is 0. The number of amides is 1. The molecule has 0 fully saturated rings. The molecule has 0 unspecified atom stereocenters. The highest BCUT2D eigenvalue weighted by Gasteiger charge is 2.11. The van der Waals surface area contributed by atoms with Gasteiger partial charge in [-0.25, -0.2) is 9.59 Å². The number of nitrogens with one attached hydrogen (secondary N) is 1. The molecule has 0 atom stereocenters. The van der Waals surface area contributed by atoms with E-state index in [1.807, 2.05) is 24.3 Å². The van der Waals surface area contributed by atoms with Gasteiger partial charge in [-0.3, -0.25) is 4.79 Å². The lowest BCUT2D eigenvalue weighted by atomic mass is 10.0. The van der Waals surface area contributed by atoms with Gasteiger partial charge >= 0.3 is 11.9 Å². The molecule has 0 aliphatic heterocycles. The Kier molecular flexibility index (Phi) is 7.71. The van der Waals surface area contributed by atoms with Crippen LogP contribution in [0.4, 0.5) is 5.69 Å². The third kappa shape index (κ3) is 6.60. The molecule has 1 amide bonds. The van der Waals surface area contributed by atoms with Gasteiger partial charge in [0.25, 0.3) is 5.91 Å². The Bertz CT molecular complexity index is 913. The summed E-state index contributed by atoms with van der Waals surface area (Å²) in [5.74, 6) is -1.18. The summed E-state index contributed by atoms with van der Waals surface area (Å²) in [4.78, 5) is 35.5. The van der Waals surface area contributed by atoms with Crippen molar-refractivity contribution in [2.24, 2.45) is 0 Å². The van der Waals surface area contributed by atoms with E-state index in [1.54, 1.807) is 25.1 Å².